The van der Waals surface area contributed by atoms with Gasteiger partial charge in [0, 0.05) is 20.2 Å². The summed E-state index contributed by atoms with van der Waals surface area (Å²) in [4.78, 5) is 0. The Bertz CT molecular complexity index is 301. The van der Waals surface area contributed by atoms with Crippen molar-refractivity contribution < 1.29 is 9.84 Å². The molecule has 2 N–H and O–H groups in total. The largest absolute Gasteiger partial charge is 0.389 e. The summed E-state index contributed by atoms with van der Waals surface area (Å²) >= 11 is 0. The van der Waals surface area contributed by atoms with Gasteiger partial charge in [0.25, 0.3) is 0 Å². The van der Waals surface area contributed by atoms with E-state index in [9.17, 15) is 5.11 Å². The third-order valence-electron chi connectivity index (χ3n) is 2.22. The summed E-state index contributed by atoms with van der Waals surface area (Å²) in [7, 11) is 1.69. The van der Waals surface area contributed by atoms with Gasteiger partial charge < -0.3 is 15.2 Å². The monoisotopic (exact) mass is 223 g/mol. The van der Waals surface area contributed by atoms with Crippen LogP contribution in [0.2, 0.25) is 0 Å². The Morgan fingerprint density at radius 3 is 2.25 bits per heavy atom. The van der Waals surface area contributed by atoms with E-state index < -0.39 is 5.60 Å². The second-order valence-corrected chi connectivity index (χ2v) is 4.67. The Hall–Kier alpha value is -0.900. The predicted octanol–water partition coefficient (Wildman–Crippen LogP) is 1.69. The van der Waals surface area contributed by atoms with Crippen LogP contribution in [0.15, 0.2) is 24.3 Å². The minimum absolute atomic E-state index is 0.590. The maximum atomic E-state index is 9.53. The first-order valence-electron chi connectivity index (χ1n) is 5.51. The number of aliphatic hydroxyl groups is 1. The molecular formula is C13H21NO2. The number of benzene rings is 1. The predicted molar refractivity (Wildman–Crippen MR) is 65.2 cm³/mol. The van der Waals surface area contributed by atoms with Gasteiger partial charge >= 0.3 is 0 Å². The lowest BCUT2D eigenvalue weighted by atomic mass is 10.1. The van der Waals surface area contributed by atoms with Crippen molar-refractivity contribution in [3.05, 3.63) is 35.4 Å². The molecule has 3 heteroatoms. The number of rotatable bonds is 6. The lowest BCUT2D eigenvalue weighted by molar-refractivity contribution is 0.0795. The zero-order chi connectivity index (χ0) is 12.0. The van der Waals surface area contributed by atoms with E-state index in [0.29, 0.717) is 13.2 Å². The van der Waals surface area contributed by atoms with Crippen LogP contribution in [0.1, 0.15) is 25.0 Å². The lowest BCUT2D eigenvalue weighted by Crippen LogP contribution is -2.34. The van der Waals surface area contributed by atoms with Gasteiger partial charge in [-0.2, -0.15) is 0 Å². The number of nitrogens with one attached hydrogen (secondary N) is 1. The first-order chi connectivity index (χ1) is 7.51. The molecule has 0 saturated heterocycles. The smallest absolute Gasteiger partial charge is 0.0715 e. The summed E-state index contributed by atoms with van der Waals surface area (Å²) in [6.45, 7) is 5.60. The van der Waals surface area contributed by atoms with Gasteiger partial charge in [-0.1, -0.05) is 24.3 Å². The number of hydrogen-bond acceptors (Lipinski definition) is 3. The molecule has 0 radical (unpaired) electrons. The van der Waals surface area contributed by atoms with Crippen LogP contribution in [0, 0.1) is 0 Å². The standard InChI is InChI=1S/C13H21NO2/c1-13(2,15)10-14-8-11-4-6-12(7-5-11)9-16-3/h4-7,14-15H,8-10H2,1-3H3. The molecule has 1 aromatic rings. The molecule has 0 aromatic heterocycles. The van der Waals surface area contributed by atoms with Crippen molar-refractivity contribution >= 4 is 0 Å². The van der Waals surface area contributed by atoms with Gasteiger partial charge in [-0.3, -0.25) is 0 Å². The minimum Gasteiger partial charge on any atom is -0.389 e. The summed E-state index contributed by atoms with van der Waals surface area (Å²) in [5.41, 5.74) is 1.73. The molecule has 3 nitrogen and oxygen atoms in total. The average molecular weight is 223 g/mol. The number of hydrogen-bond donors (Lipinski definition) is 2. The van der Waals surface area contributed by atoms with Crippen molar-refractivity contribution in [1.29, 1.82) is 0 Å². The van der Waals surface area contributed by atoms with Crippen molar-refractivity contribution in [2.45, 2.75) is 32.6 Å². The van der Waals surface area contributed by atoms with Crippen LogP contribution < -0.4 is 5.32 Å². The van der Waals surface area contributed by atoms with Gasteiger partial charge in [0.2, 0.25) is 0 Å². The zero-order valence-electron chi connectivity index (χ0n) is 10.3. The quantitative estimate of drug-likeness (QED) is 0.771. The highest BCUT2D eigenvalue weighted by Gasteiger charge is 2.10. The fourth-order valence-corrected chi connectivity index (χ4v) is 1.43. The maximum Gasteiger partial charge on any atom is 0.0715 e. The van der Waals surface area contributed by atoms with Crippen molar-refractivity contribution in [3.63, 3.8) is 0 Å². The molecule has 0 spiro atoms. The Morgan fingerprint density at radius 1 is 1.19 bits per heavy atom. The summed E-state index contributed by atoms with van der Waals surface area (Å²) in [5, 5.41) is 12.7. The van der Waals surface area contributed by atoms with E-state index in [0.717, 1.165) is 6.54 Å². The molecule has 0 atom stereocenters. The van der Waals surface area contributed by atoms with Crippen molar-refractivity contribution in [1.82, 2.24) is 5.32 Å². The average Bonchev–Trinajstić information content (AvgIpc) is 2.19. The van der Waals surface area contributed by atoms with Crippen LogP contribution >= 0.6 is 0 Å². The molecular weight excluding hydrogens is 202 g/mol. The van der Waals surface area contributed by atoms with Gasteiger partial charge in [0.1, 0.15) is 0 Å². The van der Waals surface area contributed by atoms with Gasteiger partial charge in [-0.15, -0.1) is 0 Å². The summed E-state index contributed by atoms with van der Waals surface area (Å²) < 4.78 is 5.04. The van der Waals surface area contributed by atoms with Crippen molar-refractivity contribution in [3.8, 4) is 0 Å². The zero-order valence-corrected chi connectivity index (χ0v) is 10.3. The topological polar surface area (TPSA) is 41.5 Å². The molecule has 90 valence electrons. The molecule has 0 fully saturated rings. The summed E-state index contributed by atoms with van der Waals surface area (Å²) in [6.07, 6.45) is 0. The Balaban J connectivity index is 2.37. The molecule has 0 aliphatic rings. The van der Waals surface area contributed by atoms with Gasteiger partial charge in [0.05, 0.1) is 12.2 Å². The van der Waals surface area contributed by atoms with E-state index in [1.54, 1.807) is 21.0 Å². The summed E-state index contributed by atoms with van der Waals surface area (Å²) in [5.74, 6) is 0. The van der Waals surface area contributed by atoms with Crippen LogP contribution in [0.5, 0.6) is 0 Å². The highest BCUT2D eigenvalue weighted by Crippen LogP contribution is 2.06. The third-order valence-corrected chi connectivity index (χ3v) is 2.22. The van der Waals surface area contributed by atoms with Crippen molar-refractivity contribution in [2.75, 3.05) is 13.7 Å². The van der Waals surface area contributed by atoms with E-state index >= 15 is 0 Å². The molecule has 1 aromatic carbocycles. The van der Waals surface area contributed by atoms with Crippen LogP contribution in [0.4, 0.5) is 0 Å². The molecule has 0 heterocycles. The van der Waals surface area contributed by atoms with Crippen LogP contribution in [0.25, 0.3) is 0 Å². The molecule has 0 amide bonds. The van der Waals surface area contributed by atoms with E-state index in [1.807, 2.05) is 0 Å². The maximum absolute atomic E-state index is 9.53. The van der Waals surface area contributed by atoms with E-state index in [4.69, 9.17) is 4.74 Å². The minimum atomic E-state index is -0.657. The van der Waals surface area contributed by atoms with E-state index in [2.05, 4.69) is 29.6 Å². The molecule has 1 rings (SSSR count). The van der Waals surface area contributed by atoms with Crippen LogP contribution in [-0.4, -0.2) is 24.4 Å². The Labute approximate surface area is 97.4 Å². The van der Waals surface area contributed by atoms with Crippen LogP contribution in [-0.2, 0) is 17.9 Å². The van der Waals surface area contributed by atoms with Gasteiger partial charge in [-0.25, -0.2) is 0 Å². The fraction of sp³-hybridized carbons (Fsp3) is 0.538. The molecule has 0 bridgehead atoms. The van der Waals surface area contributed by atoms with Crippen molar-refractivity contribution in [2.24, 2.45) is 0 Å². The fourth-order valence-electron chi connectivity index (χ4n) is 1.43. The number of ether oxygens (including phenoxy) is 1. The van der Waals surface area contributed by atoms with Gasteiger partial charge in [-0.05, 0) is 25.0 Å². The first kappa shape index (κ1) is 13.2. The molecule has 0 unspecified atom stereocenters. The molecule has 16 heavy (non-hydrogen) atoms. The number of methoxy groups -OCH3 is 1. The second kappa shape index (κ2) is 5.99. The molecule has 0 aliphatic heterocycles. The Morgan fingerprint density at radius 2 is 1.75 bits per heavy atom. The highest BCUT2D eigenvalue weighted by atomic mass is 16.5. The van der Waals surface area contributed by atoms with E-state index in [1.165, 1.54) is 11.1 Å². The third kappa shape index (κ3) is 5.26. The highest BCUT2D eigenvalue weighted by molar-refractivity contribution is 5.21. The summed E-state index contributed by atoms with van der Waals surface area (Å²) in [6, 6.07) is 8.27. The Kier molecular flexibility index (Phi) is 4.93. The SMILES string of the molecule is COCc1ccc(CNCC(C)(C)O)cc1. The van der Waals surface area contributed by atoms with Crippen LogP contribution in [0.3, 0.4) is 0 Å². The normalized spacial score (nSPS) is 11.8. The molecule has 0 saturated carbocycles. The van der Waals surface area contributed by atoms with Gasteiger partial charge in [0.15, 0.2) is 0 Å². The second-order valence-electron chi connectivity index (χ2n) is 4.67. The molecule has 0 aliphatic carbocycles. The lowest BCUT2D eigenvalue weighted by Gasteiger charge is -2.17. The van der Waals surface area contributed by atoms with E-state index in [-0.39, 0.29) is 0 Å². The first-order valence-corrected chi connectivity index (χ1v) is 5.51.